The molecule has 1 aliphatic rings. The second-order valence-electron chi connectivity index (χ2n) is 4.72. The molecule has 0 saturated heterocycles. The Hall–Kier alpha value is -0.770. The van der Waals surface area contributed by atoms with Crippen molar-refractivity contribution in [3.05, 3.63) is 34.9 Å². The SMILES string of the molecule is CC(CN)C(=O)NC1(c2cccc(Cl)c2)CC1.Cl. The van der Waals surface area contributed by atoms with E-state index in [1.54, 1.807) is 0 Å². The van der Waals surface area contributed by atoms with Crippen molar-refractivity contribution in [3.8, 4) is 0 Å². The minimum atomic E-state index is -0.203. The van der Waals surface area contributed by atoms with E-state index in [0.29, 0.717) is 11.6 Å². The molecule has 3 nitrogen and oxygen atoms in total. The molecule has 0 heterocycles. The Morgan fingerprint density at radius 3 is 2.72 bits per heavy atom. The number of nitrogens with one attached hydrogen (secondary N) is 1. The maximum Gasteiger partial charge on any atom is 0.224 e. The average molecular weight is 289 g/mol. The largest absolute Gasteiger partial charge is 0.346 e. The van der Waals surface area contributed by atoms with Crippen molar-refractivity contribution >= 4 is 29.9 Å². The predicted octanol–water partition coefficient (Wildman–Crippen LogP) is 2.46. The molecule has 0 spiro atoms. The van der Waals surface area contributed by atoms with Gasteiger partial charge in [0.15, 0.2) is 0 Å². The van der Waals surface area contributed by atoms with Crippen molar-refractivity contribution in [1.82, 2.24) is 5.32 Å². The fourth-order valence-electron chi connectivity index (χ4n) is 1.86. The van der Waals surface area contributed by atoms with Crippen molar-refractivity contribution in [3.63, 3.8) is 0 Å². The van der Waals surface area contributed by atoms with Gasteiger partial charge < -0.3 is 11.1 Å². The second-order valence-corrected chi connectivity index (χ2v) is 5.15. The lowest BCUT2D eigenvalue weighted by molar-refractivity contribution is -0.125. The molecular weight excluding hydrogens is 271 g/mol. The zero-order valence-electron chi connectivity index (χ0n) is 10.3. The van der Waals surface area contributed by atoms with Crippen LogP contribution in [0.4, 0.5) is 0 Å². The Morgan fingerprint density at radius 1 is 1.56 bits per heavy atom. The van der Waals surface area contributed by atoms with Crippen molar-refractivity contribution in [2.45, 2.75) is 25.3 Å². The number of hydrogen-bond donors (Lipinski definition) is 2. The fourth-order valence-corrected chi connectivity index (χ4v) is 2.05. The molecule has 1 saturated carbocycles. The number of benzene rings is 1. The van der Waals surface area contributed by atoms with Crippen LogP contribution in [0.2, 0.25) is 5.02 Å². The van der Waals surface area contributed by atoms with Crippen molar-refractivity contribution in [2.24, 2.45) is 11.7 Å². The van der Waals surface area contributed by atoms with Gasteiger partial charge in [0.25, 0.3) is 0 Å². The van der Waals surface area contributed by atoms with Crippen LogP contribution in [0.15, 0.2) is 24.3 Å². The van der Waals surface area contributed by atoms with Crippen LogP contribution in [0.5, 0.6) is 0 Å². The lowest BCUT2D eigenvalue weighted by Gasteiger charge is -2.20. The topological polar surface area (TPSA) is 55.1 Å². The quantitative estimate of drug-likeness (QED) is 0.894. The smallest absolute Gasteiger partial charge is 0.224 e. The zero-order chi connectivity index (χ0) is 12.5. The molecule has 1 aliphatic carbocycles. The molecule has 18 heavy (non-hydrogen) atoms. The maximum atomic E-state index is 11.9. The van der Waals surface area contributed by atoms with Crippen molar-refractivity contribution in [1.29, 1.82) is 0 Å². The maximum absolute atomic E-state index is 11.9. The number of amides is 1. The Morgan fingerprint density at radius 2 is 2.22 bits per heavy atom. The summed E-state index contributed by atoms with van der Waals surface area (Å²) in [6.45, 7) is 2.21. The van der Waals surface area contributed by atoms with Gasteiger partial charge in [-0.3, -0.25) is 4.79 Å². The monoisotopic (exact) mass is 288 g/mol. The molecule has 0 bridgehead atoms. The van der Waals surface area contributed by atoms with Crippen LogP contribution in [0.25, 0.3) is 0 Å². The molecule has 0 aliphatic heterocycles. The van der Waals surface area contributed by atoms with E-state index in [4.69, 9.17) is 17.3 Å². The number of hydrogen-bond acceptors (Lipinski definition) is 2. The van der Waals surface area contributed by atoms with Crippen LogP contribution in [0, 0.1) is 5.92 Å². The van der Waals surface area contributed by atoms with E-state index in [-0.39, 0.29) is 29.8 Å². The Balaban J connectivity index is 0.00000162. The number of carbonyl (C=O) groups excluding carboxylic acids is 1. The van der Waals surface area contributed by atoms with Gasteiger partial charge in [-0.05, 0) is 30.5 Å². The Kier molecular flexibility index (Phi) is 5.02. The van der Waals surface area contributed by atoms with E-state index >= 15 is 0 Å². The molecule has 5 heteroatoms. The zero-order valence-corrected chi connectivity index (χ0v) is 11.9. The van der Waals surface area contributed by atoms with E-state index in [2.05, 4.69) is 5.32 Å². The normalized spacial score (nSPS) is 17.5. The van der Waals surface area contributed by atoms with E-state index < -0.39 is 0 Å². The second kappa shape index (κ2) is 5.91. The van der Waals surface area contributed by atoms with E-state index in [1.807, 2.05) is 31.2 Å². The van der Waals surface area contributed by atoms with Gasteiger partial charge in [-0.15, -0.1) is 12.4 Å². The van der Waals surface area contributed by atoms with E-state index in [9.17, 15) is 4.79 Å². The molecule has 0 aromatic heterocycles. The number of halogens is 2. The summed E-state index contributed by atoms with van der Waals surface area (Å²) in [4.78, 5) is 11.9. The van der Waals surface area contributed by atoms with Gasteiger partial charge in [0, 0.05) is 17.5 Å². The first-order chi connectivity index (χ1) is 8.07. The summed E-state index contributed by atoms with van der Waals surface area (Å²) in [7, 11) is 0. The molecule has 1 fully saturated rings. The number of rotatable bonds is 4. The van der Waals surface area contributed by atoms with Gasteiger partial charge in [0.05, 0.1) is 5.54 Å². The van der Waals surface area contributed by atoms with Gasteiger partial charge in [-0.2, -0.15) is 0 Å². The third-order valence-corrected chi connectivity index (χ3v) is 3.53. The summed E-state index contributed by atoms with van der Waals surface area (Å²) in [6.07, 6.45) is 1.94. The summed E-state index contributed by atoms with van der Waals surface area (Å²) in [5.74, 6) is -0.128. The summed E-state index contributed by atoms with van der Waals surface area (Å²) < 4.78 is 0. The highest BCUT2D eigenvalue weighted by molar-refractivity contribution is 6.30. The van der Waals surface area contributed by atoms with Crippen LogP contribution < -0.4 is 11.1 Å². The predicted molar refractivity (Wildman–Crippen MR) is 76.0 cm³/mol. The van der Waals surface area contributed by atoms with Crippen molar-refractivity contribution < 1.29 is 4.79 Å². The lowest BCUT2D eigenvalue weighted by Crippen LogP contribution is -2.40. The molecule has 3 N–H and O–H groups in total. The summed E-state index contributed by atoms with van der Waals surface area (Å²) in [5.41, 5.74) is 6.38. The van der Waals surface area contributed by atoms with Gasteiger partial charge in [-0.25, -0.2) is 0 Å². The third-order valence-electron chi connectivity index (χ3n) is 3.29. The molecule has 1 unspecified atom stereocenters. The Labute approximate surface area is 118 Å². The van der Waals surface area contributed by atoms with Crippen LogP contribution in [0.3, 0.4) is 0 Å². The molecule has 1 aromatic rings. The summed E-state index contributed by atoms with van der Waals surface area (Å²) >= 11 is 5.97. The average Bonchev–Trinajstić information content (AvgIpc) is 3.09. The summed E-state index contributed by atoms with van der Waals surface area (Å²) in [5, 5.41) is 3.79. The first-order valence-corrected chi connectivity index (χ1v) is 6.23. The summed E-state index contributed by atoms with van der Waals surface area (Å²) in [6, 6.07) is 7.68. The van der Waals surface area contributed by atoms with Crippen LogP contribution >= 0.6 is 24.0 Å². The minimum absolute atomic E-state index is 0. The van der Waals surface area contributed by atoms with Gasteiger partial charge >= 0.3 is 0 Å². The minimum Gasteiger partial charge on any atom is -0.346 e. The highest BCUT2D eigenvalue weighted by Gasteiger charge is 2.46. The Bertz CT molecular complexity index is 433. The molecule has 100 valence electrons. The van der Waals surface area contributed by atoms with Crippen LogP contribution in [0.1, 0.15) is 25.3 Å². The van der Waals surface area contributed by atoms with Gasteiger partial charge in [-0.1, -0.05) is 30.7 Å². The molecule has 0 radical (unpaired) electrons. The van der Waals surface area contributed by atoms with Crippen LogP contribution in [-0.2, 0) is 10.3 Å². The first kappa shape index (κ1) is 15.3. The number of nitrogens with two attached hydrogens (primary N) is 1. The molecule has 1 aromatic carbocycles. The highest BCUT2D eigenvalue weighted by atomic mass is 35.5. The number of carbonyl (C=O) groups is 1. The van der Waals surface area contributed by atoms with E-state index in [0.717, 1.165) is 18.4 Å². The highest BCUT2D eigenvalue weighted by Crippen LogP contribution is 2.46. The molecule has 1 amide bonds. The molecule has 1 atom stereocenters. The molecule has 2 rings (SSSR count). The van der Waals surface area contributed by atoms with Crippen LogP contribution in [-0.4, -0.2) is 12.5 Å². The fraction of sp³-hybridized carbons (Fsp3) is 0.462. The third kappa shape index (κ3) is 3.16. The molecular formula is C13H18Cl2N2O. The van der Waals surface area contributed by atoms with Crippen molar-refractivity contribution in [2.75, 3.05) is 6.54 Å². The standard InChI is InChI=1S/C13H17ClN2O.ClH/c1-9(8-15)12(17)16-13(5-6-13)10-3-2-4-11(14)7-10;/h2-4,7,9H,5-6,8,15H2,1H3,(H,16,17);1H. The lowest BCUT2D eigenvalue weighted by atomic mass is 10.0. The first-order valence-electron chi connectivity index (χ1n) is 5.85. The van der Waals surface area contributed by atoms with Gasteiger partial charge in [0.1, 0.15) is 0 Å². The van der Waals surface area contributed by atoms with E-state index in [1.165, 1.54) is 0 Å². The van der Waals surface area contributed by atoms with Gasteiger partial charge in [0.2, 0.25) is 5.91 Å².